The molecular weight excluding hydrogens is 133 g/mol. The number of hydrogen-bond donors (Lipinski definition) is 0. The number of halogens is 1. The molecule has 0 aromatic heterocycles. The molecule has 0 spiro atoms. The molecule has 4 heteroatoms. The van der Waals surface area contributed by atoms with Gasteiger partial charge >= 0.3 is 51.4 Å². The first-order chi connectivity index (χ1) is 1.41. The normalized spacial score (nSPS) is 1.40. The van der Waals surface area contributed by atoms with Gasteiger partial charge in [-0.2, -0.15) is 0 Å². The van der Waals surface area contributed by atoms with Crippen molar-refractivity contribution in [1.82, 2.24) is 0 Å². The molecule has 0 saturated heterocycles. The monoisotopic (exact) mass is 133 g/mol. The van der Waals surface area contributed by atoms with Crippen molar-refractivity contribution in [3.05, 3.63) is 0 Å². The molecule has 5 heavy (non-hydrogen) atoms. The third-order valence-electron chi connectivity index (χ3n) is 0. The minimum atomic E-state index is 0. The summed E-state index contributed by atoms with van der Waals surface area (Å²) in [5.74, 6) is 0. The molecule has 0 aliphatic rings. The van der Waals surface area contributed by atoms with E-state index in [1.807, 2.05) is 0 Å². The maximum Gasteiger partial charge on any atom is 1.00 e. The van der Waals surface area contributed by atoms with Gasteiger partial charge in [0.05, 0.1) is 0 Å². The van der Waals surface area contributed by atoms with E-state index in [1.165, 1.54) is 5.40 Å². The fraction of sp³-hybridized carbons (Fsp3) is 0. The molecule has 0 fully saturated rings. The van der Waals surface area contributed by atoms with Crippen molar-refractivity contribution in [2.45, 2.75) is 0 Å². The Morgan fingerprint density at radius 3 is 1.60 bits per heavy atom. The molecule has 0 unspecified atom stereocenters. The number of nitriles is 1. The van der Waals surface area contributed by atoms with Crippen molar-refractivity contribution in [1.29, 1.82) is 5.26 Å². The molecule has 0 saturated carbocycles. The molecule has 0 amide bonds. The first kappa shape index (κ1) is 15.9. The van der Waals surface area contributed by atoms with Crippen LogP contribution in [0.25, 0.3) is 0 Å². The van der Waals surface area contributed by atoms with Crippen LogP contribution in [0.4, 0.5) is 0 Å². The van der Waals surface area contributed by atoms with Crippen LogP contribution < -0.4 is 51.4 Å². The summed E-state index contributed by atoms with van der Waals surface area (Å²) in [7, 11) is 0. The number of hydrogen-bond acceptors (Lipinski definition) is 2. The predicted octanol–water partition coefficient (Wildman–Crippen LogP) is -2.56. The molecular formula is CHClKNS. The molecule has 0 aromatic rings. The van der Waals surface area contributed by atoms with Gasteiger partial charge in [0.15, 0.2) is 0 Å². The second-order valence-corrected chi connectivity index (χ2v) is 0.274. The van der Waals surface area contributed by atoms with Crippen LogP contribution in [0, 0.1) is 10.7 Å². The van der Waals surface area contributed by atoms with Crippen LogP contribution in [-0.2, 0) is 12.6 Å². The first-order valence-corrected chi connectivity index (χ1v) is 0.836. The fourth-order valence-corrected chi connectivity index (χ4v) is 0. The third-order valence-corrected chi connectivity index (χ3v) is 0. The van der Waals surface area contributed by atoms with Gasteiger partial charge in [0.2, 0.25) is 0 Å². The molecule has 0 heterocycles. The van der Waals surface area contributed by atoms with Crippen LogP contribution in [0.2, 0.25) is 0 Å². The SMILES string of the molecule is Cl.N#C[S-].[K+]. The van der Waals surface area contributed by atoms with E-state index < -0.39 is 0 Å². The Labute approximate surface area is 85.4 Å². The smallest absolute Gasteiger partial charge is 0.696 e. The van der Waals surface area contributed by atoms with Crippen LogP contribution >= 0.6 is 12.4 Å². The molecule has 0 aromatic carbocycles. The Bertz CT molecular complexity index is 33.1. The Morgan fingerprint density at radius 2 is 1.60 bits per heavy atom. The Kier molecular flexibility index (Phi) is 55.6. The van der Waals surface area contributed by atoms with Gasteiger partial charge in [0.1, 0.15) is 0 Å². The largest absolute Gasteiger partial charge is 1.00 e. The molecule has 0 aliphatic carbocycles. The van der Waals surface area contributed by atoms with E-state index in [2.05, 4.69) is 12.6 Å². The van der Waals surface area contributed by atoms with Gasteiger partial charge in [-0.1, -0.05) is 5.40 Å². The first-order valence-electron chi connectivity index (χ1n) is 0.428. The maximum atomic E-state index is 7.13. The topological polar surface area (TPSA) is 23.8 Å². The molecule has 0 bridgehead atoms. The predicted molar refractivity (Wildman–Crippen MR) is 20.2 cm³/mol. The van der Waals surface area contributed by atoms with Gasteiger partial charge in [-0.05, 0) is 0 Å². The molecule has 24 valence electrons. The van der Waals surface area contributed by atoms with Crippen LogP contribution in [-0.4, -0.2) is 0 Å². The molecule has 0 rings (SSSR count). The zero-order valence-electron chi connectivity index (χ0n) is 2.76. The summed E-state index contributed by atoms with van der Waals surface area (Å²) in [4.78, 5) is 0. The van der Waals surface area contributed by atoms with Crippen molar-refractivity contribution < 1.29 is 51.4 Å². The second kappa shape index (κ2) is 17.4. The van der Waals surface area contributed by atoms with E-state index in [0.29, 0.717) is 0 Å². The van der Waals surface area contributed by atoms with E-state index in [4.69, 9.17) is 5.26 Å². The van der Waals surface area contributed by atoms with Gasteiger partial charge in [0, 0.05) is 0 Å². The summed E-state index contributed by atoms with van der Waals surface area (Å²) < 4.78 is 0. The van der Waals surface area contributed by atoms with Crippen LogP contribution in [0.15, 0.2) is 0 Å². The minimum absolute atomic E-state index is 0. The molecule has 0 radical (unpaired) electrons. The number of rotatable bonds is 0. The van der Waals surface area contributed by atoms with Crippen molar-refractivity contribution in [2.75, 3.05) is 0 Å². The fourth-order valence-electron chi connectivity index (χ4n) is 0. The number of nitrogens with zero attached hydrogens (tertiary/aromatic N) is 1. The van der Waals surface area contributed by atoms with E-state index in [0.717, 1.165) is 0 Å². The Hall–Kier alpha value is 1.64. The standard InChI is InChI=1S/CHNS.ClH.K/c2-1-3;;/h3H;1H;/q;;+1/p-1. The second-order valence-electron chi connectivity index (χ2n) is 0.0913. The van der Waals surface area contributed by atoms with Crippen molar-refractivity contribution in [3.8, 4) is 5.40 Å². The summed E-state index contributed by atoms with van der Waals surface area (Å²) in [6.45, 7) is 0. The van der Waals surface area contributed by atoms with Crippen LogP contribution in [0.3, 0.4) is 0 Å². The number of thiocyanates is 1. The zero-order valence-corrected chi connectivity index (χ0v) is 7.52. The summed E-state index contributed by atoms with van der Waals surface area (Å²) in [6.07, 6.45) is 0. The van der Waals surface area contributed by atoms with Gasteiger partial charge in [0.25, 0.3) is 0 Å². The zero-order chi connectivity index (χ0) is 2.71. The summed E-state index contributed by atoms with van der Waals surface area (Å²) in [5.41, 5.74) is 0. The van der Waals surface area contributed by atoms with E-state index in [1.54, 1.807) is 0 Å². The third kappa shape index (κ3) is 27.8. The van der Waals surface area contributed by atoms with Gasteiger partial charge in [-0.25, -0.2) is 5.26 Å². The quantitative estimate of drug-likeness (QED) is 0.206. The Morgan fingerprint density at radius 1 is 1.60 bits per heavy atom. The minimum Gasteiger partial charge on any atom is -0.696 e. The summed E-state index contributed by atoms with van der Waals surface area (Å²) in [6, 6.07) is 0. The molecule has 0 aliphatic heterocycles. The van der Waals surface area contributed by atoms with Crippen molar-refractivity contribution in [2.24, 2.45) is 0 Å². The molecule has 1 nitrogen and oxygen atoms in total. The summed E-state index contributed by atoms with van der Waals surface area (Å²) in [5, 5.41) is 8.47. The Balaban J connectivity index is -0.0000000200. The average molecular weight is 134 g/mol. The van der Waals surface area contributed by atoms with Crippen molar-refractivity contribution >= 4 is 25.0 Å². The molecule has 0 N–H and O–H groups in total. The van der Waals surface area contributed by atoms with E-state index >= 15 is 0 Å². The van der Waals surface area contributed by atoms with Gasteiger partial charge < -0.3 is 12.6 Å². The van der Waals surface area contributed by atoms with Gasteiger partial charge in [-0.3, -0.25) is 0 Å². The van der Waals surface area contributed by atoms with E-state index in [-0.39, 0.29) is 63.8 Å². The molecule has 0 atom stereocenters. The van der Waals surface area contributed by atoms with Crippen LogP contribution in [0.5, 0.6) is 0 Å². The van der Waals surface area contributed by atoms with Crippen LogP contribution in [0.1, 0.15) is 0 Å². The van der Waals surface area contributed by atoms with Gasteiger partial charge in [-0.15, -0.1) is 12.4 Å². The summed E-state index contributed by atoms with van der Waals surface area (Å²) >= 11 is 3.70. The maximum absolute atomic E-state index is 7.13. The average Bonchev–Trinajstić information content (AvgIpc) is 0.918. The van der Waals surface area contributed by atoms with Crippen molar-refractivity contribution in [3.63, 3.8) is 0 Å². The van der Waals surface area contributed by atoms with E-state index in [9.17, 15) is 0 Å².